The van der Waals surface area contributed by atoms with Gasteiger partial charge in [0.25, 0.3) is 5.91 Å². The van der Waals surface area contributed by atoms with Crippen LogP contribution in [0.1, 0.15) is 24.2 Å². The van der Waals surface area contributed by atoms with Gasteiger partial charge in [-0.3, -0.25) is 4.79 Å². The zero-order valence-electron chi connectivity index (χ0n) is 12.6. The minimum Gasteiger partial charge on any atom is -0.489 e. The molecule has 21 heavy (non-hydrogen) atoms. The Morgan fingerprint density at radius 1 is 1.48 bits per heavy atom. The van der Waals surface area contributed by atoms with Crippen molar-refractivity contribution in [1.29, 1.82) is 0 Å². The number of benzene rings is 1. The maximum absolute atomic E-state index is 12.0. The molecule has 1 aromatic rings. The molecule has 0 fully saturated rings. The van der Waals surface area contributed by atoms with Crippen LogP contribution in [0.15, 0.2) is 36.4 Å². The average Bonchev–Trinajstić information content (AvgIpc) is 2.48. The van der Waals surface area contributed by atoms with E-state index in [1.54, 1.807) is 24.3 Å². The first-order valence-electron chi connectivity index (χ1n) is 6.94. The second kappa shape index (κ2) is 9.15. The van der Waals surface area contributed by atoms with Gasteiger partial charge < -0.3 is 19.9 Å². The van der Waals surface area contributed by atoms with Crippen LogP contribution in [0.2, 0.25) is 0 Å². The number of carbonyl (C=O) groups is 1. The van der Waals surface area contributed by atoms with E-state index in [2.05, 4.69) is 11.9 Å². The summed E-state index contributed by atoms with van der Waals surface area (Å²) in [5.41, 5.74) is 1.39. The normalized spacial score (nSPS) is 11.8. The summed E-state index contributed by atoms with van der Waals surface area (Å²) in [6, 6.07) is 6.88. The zero-order valence-corrected chi connectivity index (χ0v) is 12.6. The van der Waals surface area contributed by atoms with E-state index in [9.17, 15) is 9.90 Å². The van der Waals surface area contributed by atoms with Gasteiger partial charge in [0.15, 0.2) is 0 Å². The van der Waals surface area contributed by atoms with Gasteiger partial charge in [0.05, 0.1) is 12.7 Å². The van der Waals surface area contributed by atoms with Gasteiger partial charge in [-0.15, -0.1) is 0 Å². The Kier molecular flexibility index (Phi) is 7.50. The van der Waals surface area contributed by atoms with Crippen LogP contribution in [0.3, 0.4) is 0 Å². The lowest BCUT2D eigenvalue weighted by atomic mass is 10.2. The molecule has 1 rings (SSSR count). The summed E-state index contributed by atoms with van der Waals surface area (Å²) < 4.78 is 10.6. The van der Waals surface area contributed by atoms with Gasteiger partial charge in [0.2, 0.25) is 0 Å². The number of aliphatic hydroxyl groups excluding tert-OH is 1. The van der Waals surface area contributed by atoms with Crippen LogP contribution in [0.5, 0.6) is 5.75 Å². The Hall–Kier alpha value is -1.85. The van der Waals surface area contributed by atoms with E-state index in [-0.39, 0.29) is 19.1 Å². The van der Waals surface area contributed by atoms with Crippen LogP contribution in [-0.2, 0) is 4.74 Å². The largest absolute Gasteiger partial charge is 0.489 e. The number of carbonyl (C=O) groups excluding carboxylic acids is 1. The monoisotopic (exact) mass is 293 g/mol. The van der Waals surface area contributed by atoms with Crippen LogP contribution in [0, 0.1) is 0 Å². The van der Waals surface area contributed by atoms with E-state index in [1.165, 1.54) is 0 Å². The highest BCUT2D eigenvalue weighted by Crippen LogP contribution is 2.14. The lowest BCUT2D eigenvalue weighted by Gasteiger charge is -2.12. The Bertz CT molecular complexity index is 473. The molecule has 2 N–H and O–H groups in total. The molecular formula is C16H23NO4. The van der Waals surface area contributed by atoms with E-state index in [0.29, 0.717) is 24.5 Å². The predicted octanol–water partition coefficient (Wildman–Crippen LogP) is 1.77. The Labute approximate surface area is 125 Å². The first kappa shape index (κ1) is 17.2. The molecule has 0 saturated carbocycles. The van der Waals surface area contributed by atoms with Gasteiger partial charge in [-0.25, -0.2) is 0 Å². The van der Waals surface area contributed by atoms with Crippen molar-refractivity contribution in [3.8, 4) is 5.75 Å². The molecule has 5 nitrogen and oxygen atoms in total. The molecular weight excluding hydrogens is 270 g/mol. The van der Waals surface area contributed by atoms with Gasteiger partial charge >= 0.3 is 0 Å². The second-order valence-electron chi connectivity index (χ2n) is 4.80. The topological polar surface area (TPSA) is 67.8 Å². The van der Waals surface area contributed by atoms with E-state index < -0.39 is 6.10 Å². The highest BCUT2D eigenvalue weighted by molar-refractivity contribution is 5.94. The number of amides is 1. The summed E-state index contributed by atoms with van der Waals surface area (Å²) in [7, 11) is 0. The molecule has 0 aromatic heterocycles. The van der Waals surface area contributed by atoms with Gasteiger partial charge in [0, 0.05) is 18.7 Å². The van der Waals surface area contributed by atoms with Gasteiger partial charge in [0.1, 0.15) is 12.4 Å². The third kappa shape index (κ3) is 6.92. The molecule has 116 valence electrons. The van der Waals surface area contributed by atoms with Crippen molar-refractivity contribution in [2.45, 2.75) is 20.0 Å². The maximum Gasteiger partial charge on any atom is 0.251 e. The van der Waals surface area contributed by atoms with Crippen LogP contribution in [0.25, 0.3) is 0 Å². The maximum atomic E-state index is 12.0. The molecule has 1 atom stereocenters. The van der Waals surface area contributed by atoms with E-state index in [0.717, 1.165) is 5.57 Å². The van der Waals surface area contributed by atoms with Crippen LogP contribution >= 0.6 is 0 Å². The third-order valence-electron chi connectivity index (χ3n) is 2.59. The van der Waals surface area contributed by atoms with E-state index >= 15 is 0 Å². The first-order valence-corrected chi connectivity index (χ1v) is 6.94. The minimum absolute atomic E-state index is 0.148. The fourth-order valence-corrected chi connectivity index (χ4v) is 1.56. The molecule has 0 spiro atoms. The molecule has 1 aromatic carbocycles. The summed E-state index contributed by atoms with van der Waals surface area (Å²) in [5.74, 6) is 0.354. The fourth-order valence-electron chi connectivity index (χ4n) is 1.56. The summed E-state index contributed by atoms with van der Waals surface area (Å²) in [6.07, 6.45) is -0.711. The van der Waals surface area contributed by atoms with Crippen LogP contribution < -0.4 is 10.1 Å². The standard InChI is InChI=1S/C16H23NO4/c1-4-20-11-14(18)9-17-16(19)13-6-5-7-15(8-13)21-10-12(2)3/h5-8,14,18H,2,4,9-11H2,1,3H3,(H,17,19). The molecule has 0 aliphatic heterocycles. The minimum atomic E-state index is -0.711. The molecule has 0 radical (unpaired) electrons. The molecule has 0 saturated heterocycles. The number of hydrogen-bond donors (Lipinski definition) is 2. The van der Waals surface area contributed by atoms with Gasteiger partial charge in [-0.2, -0.15) is 0 Å². The number of aliphatic hydroxyl groups is 1. The van der Waals surface area contributed by atoms with Gasteiger partial charge in [-0.05, 0) is 37.6 Å². The number of hydrogen-bond acceptors (Lipinski definition) is 4. The van der Waals surface area contributed by atoms with Crippen molar-refractivity contribution in [2.75, 3.05) is 26.4 Å². The number of nitrogens with one attached hydrogen (secondary N) is 1. The fraction of sp³-hybridized carbons (Fsp3) is 0.438. The summed E-state index contributed by atoms with van der Waals surface area (Å²) >= 11 is 0. The number of rotatable bonds is 9. The Balaban J connectivity index is 2.50. The lowest BCUT2D eigenvalue weighted by Crippen LogP contribution is -2.34. The summed E-state index contributed by atoms with van der Waals surface area (Å²) in [5, 5.41) is 12.3. The SMILES string of the molecule is C=C(C)COc1cccc(C(=O)NCC(O)COCC)c1. The van der Waals surface area contributed by atoms with Crippen molar-refractivity contribution in [3.05, 3.63) is 42.0 Å². The molecule has 1 amide bonds. The van der Waals surface area contributed by atoms with E-state index in [4.69, 9.17) is 9.47 Å². The van der Waals surface area contributed by atoms with E-state index in [1.807, 2.05) is 13.8 Å². The van der Waals surface area contributed by atoms with Crippen molar-refractivity contribution in [2.24, 2.45) is 0 Å². The van der Waals surface area contributed by atoms with Gasteiger partial charge in [-0.1, -0.05) is 12.6 Å². The smallest absolute Gasteiger partial charge is 0.251 e. The Morgan fingerprint density at radius 2 is 2.24 bits per heavy atom. The Morgan fingerprint density at radius 3 is 2.90 bits per heavy atom. The molecule has 0 heterocycles. The van der Waals surface area contributed by atoms with Crippen molar-refractivity contribution in [1.82, 2.24) is 5.32 Å². The molecule has 5 heteroatoms. The summed E-state index contributed by atoms with van der Waals surface area (Å²) in [4.78, 5) is 12.0. The average molecular weight is 293 g/mol. The molecule has 0 aliphatic rings. The van der Waals surface area contributed by atoms with Crippen molar-refractivity contribution < 1.29 is 19.4 Å². The zero-order chi connectivity index (χ0) is 15.7. The van der Waals surface area contributed by atoms with Crippen molar-refractivity contribution >= 4 is 5.91 Å². The first-order chi connectivity index (χ1) is 10.0. The molecule has 0 bridgehead atoms. The quantitative estimate of drug-likeness (QED) is 0.681. The lowest BCUT2D eigenvalue weighted by molar-refractivity contribution is 0.0418. The summed E-state index contributed by atoms with van der Waals surface area (Å²) in [6.45, 7) is 8.78. The van der Waals surface area contributed by atoms with Crippen LogP contribution in [0.4, 0.5) is 0 Å². The molecule has 1 unspecified atom stereocenters. The predicted molar refractivity (Wildman–Crippen MR) is 81.6 cm³/mol. The highest BCUT2D eigenvalue weighted by Gasteiger charge is 2.10. The number of ether oxygens (including phenoxy) is 2. The molecule has 0 aliphatic carbocycles. The van der Waals surface area contributed by atoms with Crippen molar-refractivity contribution in [3.63, 3.8) is 0 Å². The second-order valence-corrected chi connectivity index (χ2v) is 4.80. The third-order valence-corrected chi connectivity index (χ3v) is 2.59. The van der Waals surface area contributed by atoms with Crippen LogP contribution in [-0.4, -0.2) is 43.5 Å². The highest BCUT2D eigenvalue weighted by atomic mass is 16.5.